The third kappa shape index (κ3) is 18.2. The summed E-state index contributed by atoms with van der Waals surface area (Å²) >= 11 is 0. The van der Waals surface area contributed by atoms with Gasteiger partial charge in [0.25, 0.3) is 0 Å². The molecule has 16 N–H and O–H groups in total. The average molecular weight is 993 g/mol. The number of hydrogen-bond donors (Lipinski definition) is 12. The summed E-state index contributed by atoms with van der Waals surface area (Å²) in [5, 5.41) is 28.7. The standard InChI is InChI=1S/C42H64N12O12S2/c1-3-22(2)34-41(65)49-24(11-7-13-31(44)56)36(60)50-27(18-32(45)57)37(61)52-28(20-67-68-21-30(55)40(64)51-26(38(62)53-34)17-23-9-5-4-6-10-23)42(66)54-16-8-12-29(54)39(63)48-25(14-15-43)35(59)47-19-33(46)58/h4-6,9-10,22,24-30,34,55H,3,7-8,11-21,43H2,1-2H3,(H2,44,56)(H2,45,57)(H2,46,58)(H,47,59)(H,48,63)(H,49,65)(H,50,60)(H,51,64)(H,52,61)(H,53,62)/t22-,24-,25-,26-,27-,28-,29-,30?,34-/m0/s1. The van der Waals surface area contributed by atoms with Crippen LogP contribution in [-0.4, -0.2) is 155 Å². The summed E-state index contributed by atoms with van der Waals surface area (Å²) in [7, 11) is 1.88. The smallest absolute Gasteiger partial charge is 0.250 e. The number of aliphatic hydroxyl groups excluding tert-OH is 1. The molecule has 11 amide bonds. The fourth-order valence-electron chi connectivity index (χ4n) is 7.23. The molecular formula is C42H64N12O12S2. The Labute approximate surface area is 401 Å². The van der Waals surface area contributed by atoms with Gasteiger partial charge in [0.2, 0.25) is 65.0 Å². The van der Waals surface area contributed by atoms with Gasteiger partial charge >= 0.3 is 0 Å². The molecule has 0 aromatic heterocycles. The minimum absolute atomic E-state index is 0.0185. The zero-order chi connectivity index (χ0) is 50.5. The number of nitrogens with zero attached hydrogens (tertiary/aromatic N) is 1. The van der Waals surface area contributed by atoms with Crippen molar-refractivity contribution in [1.29, 1.82) is 0 Å². The molecule has 2 aliphatic heterocycles. The summed E-state index contributed by atoms with van der Waals surface area (Å²) in [6, 6.07) is -1.01. The Bertz CT molecular complexity index is 1980. The first-order valence-electron chi connectivity index (χ1n) is 22.2. The Morgan fingerprint density at radius 3 is 2.07 bits per heavy atom. The van der Waals surface area contributed by atoms with Gasteiger partial charge in [-0.15, -0.1) is 0 Å². The van der Waals surface area contributed by atoms with Crippen LogP contribution in [0.15, 0.2) is 30.3 Å². The molecule has 2 heterocycles. The number of rotatable bonds is 18. The largest absolute Gasteiger partial charge is 0.382 e. The lowest BCUT2D eigenvalue weighted by molar-refractivity contribution is -0.142. The van der Waals surface area contributed by atoms with Crippen molar-refractivity contribution < 1.29 is 57.8 Å². The molecular weight excluding hydrogens is 929 g/mol. The van der Waals surface area contributed by atoms with E-state index in [2.05, 4.69) is 37.2 Å². The lowest BCUT2D eigenvalue weighted by atomic mass is 9.96. The highest BCUT2D eigenvalue weighted by Gasteiger charge is 2.41. The van der Waals surface area contributed by atoms with Crippen molar-refractivity contribution in [1.82, 2.24) is 42.1 Å². The molecule has 1 unspecified atom stereocenters. The first-order chi connectivity index (χ1) is 32.2. The van der Waals surface area contributed by atoms with Gasteiger partial charge in [-0.2, -0.15) is 0 Å². The maximum absolute atomic E-state index is 14.4. The van der Waals surface area contributed by atoms with Crippen LogP contribution >= 0.6 is 21.6 Å². The first-order valence-corrected chi connectivity index (χ1v) is 24.7. The van der Waals surface area contributed by atoms with Gasteiger partial charge in [0.15, 0.2) is 0 Å². The molecule has 2 saturated heterocycles. The van der Waals surface area contributed by atoms with Crippen LogP contribution < -0.4 is 60.2 Å². The van der Waals surface area contributed by atoms with Crippen LogP contribution in [0.4, 0.5) is 0 Å². The zero-order valence-corrected chi connectivity index (χ0v) is 39.6. The van der Waals surface area contributed by atoms with Crippen LogP contribution in [0, 0.1) is 5.92 Å². The maximum Gasteiger partial charge on any atom is 0.250 e. The second-order valence-corrected chi connectivity index (χ2v) is 19.0. The van der Waals surface area contributed by atoms with Crippen molar-refractivity contribution in [3.63, 3.8) is 0 Å². The van der Waals surface area contributed by atoms with E-state index in [1.807, 2.05) is 0 Å². The zero-order valence-electron chi connectivity index (χ0n) is 38.0. The van der Waals surface area contributed by atoms with E-state index in [1.165, 1.54) is 4.90 Å². The van der Waals surface area contributed by atoms with E-state index >= 15 is 0 Å². The Morgan fingerprint density at radius 2 is 1.44 bits per heavy atom. The van der Waals surface area contributed by atoms with Gasteiger partial charge in [0, 0.05) is 30.9 Å². The molecule has 0 saturated carbocycles. The molecule has 9 atom stereocenters. The molecule has 26 heteroatoms. The number of nitrogens with one attached hydrogen (secondary N) is 7. The van der Waals surface area contributed by atoms with E-state index in [1.54, 1.807) is 44.2 Å². The number of carbonyl (C=O) groups is 11. The third-order valence-corrected chi connectivity index (χ3v) is 13.5. The molecule has 0 radical (unpaired) electrons. The molecule has 2 fully saturated rings. The molecule has 376 valence electrons. The fraction of sp³-hybridized carbons (Fsp3) is 0.595. The van der Waals surface area contributed by atoms with Gasteiger partial charge in [0.05, 0.1) is 13.0 Å². The highest BCUT2D eigenvalue weighted by Crippen LogP contribution is 2.26. The topological polar surface area (TPSA) is 400 Å². The summed E-state index contributed by atoms with van der Waals surface area (Å²) in [4.78, 5) is 147. The first kappa shape index (κ1) is 56.3. The maximum atomic E-state index is 14.4. The number of amides is 11. The van der Waals surface area contributed by atoms with Crippen LogP contribution in [-0.2, 0) is 59.2 Å². The SMILES string of the molecule is CC[C@H](C)[C@@H]1NC(=O)[C@H](Cc2ccccc2)NC(=O)C(O)CSSC[C@@H](C(=O)N2CCC[C@H]2C(=O)N[C@@H](CCN)C(=O)NCC(N)=O)NC(=O)[C@H](CC(N)=O)NC(=O)[C@H](CCCC(N)=O)NC1=O. The predicted octanol–water partition coefficient (Wildman–Crippen LogP) is -4.59. The van der Waals surface area contributed by atoms with Gasteiger partial charge in [-0.05, 0) is 50.1 Å². The highest BCUT2D eigenvalue weighted by atomic mass is 33.1. The number of nitrogens with two attached hydrogens (primary N) is 4. The molecule has 0 aliphatic carbocycles. The van der Waals surface area contributed by atoms with Crippen molar-refractivity contribution in [2.24, 2.45) is 28.9 Å². The van der Waals surface area contributed by atoms with Gasteiger partial charge in [0.1, 0.15) is 48.4 Å². The molecule has 24 nitrogen and oxygen atoms in total. The lowest BCUT2D eigenvalue weighted by Gasteiger charge is -2.31. The molecule has 68 heavy (non-hydrogen) atoms. The van der Waals surface area contributed by atoms with E-state index in [0.29, 0.717) is 18.4 Å². The Morgan fingerprint density at radius 1 is 0.809 bits per heavy atom. The number of benzene rings is 1. The van der Waals surface area contributed by atoms with E-state index in [-0.39, 0.29) is 63.1 Å². The van der Waals surface area contributed by atoms with Gasteiger partial charge in [-0.1, -0.05) is 72.2 Å². The Hall–Kier alpha value is -5.99. The fourth-order valence-corrected chi connectivity index (χ4v) is 9.44. The second kappa shape index (κ2) is 28.4. The number of primary amides is 3. The van der Waals surface area contributed by atoms with Crippen LogP contribution in [0.5, 0.6) is 0 Å². The normalized spacial score (nSPS) is 24.4. The highest BCUT2D eigenvalue weighted by molar-refractivity contribution is 8.76. The molecule has 1 aromatic carbocycles. The van der Waals surface area contributed by atoms with Crippen LogP contribution in [0.1, 0.15) is 70.8 Å². The van der Waals surface area contributed by atoms with Crippen LogP contribution in [0.2, 0.25) is 0 Å². The molecule has 0 spiro atoms. The second-order valence-electron chi connectivity index (χ2n) is 16.4. The van der Waals surface area contributed by atoms with Crippen molar-refractivity contribution in [2.45, 2.75) is 120 Å². The Balaban J connectivity index is 2.04. The third-order valence-electron chi connectivity index (χ3n) is 11.1. The summed E-state index contributed by atoms with van der Waals surface area (Å²) < 4.78 is 0. The minimum atomic E-state index is -1.74. The molecule has 2 aliphatic rings. The number of likely N-dealkylation sites (tertiary alicyclic amines) is 1. The van der Waals surface area contributed by atoms with E-state index < -0.39 is 132 Å². The summed E-state index contributed by atoms with van der Waals surface area (Å²) in [5.41, 5.74) is 22.3. The molecule has 0 bridgehead atoms. The van der Waals surface area contributed by atoms with Crippen molar-refractivity contribution in [3.8, 4) is 0 Å². The van der Waals surface area contributed by atoms with Crippen LogP contribution in [0.3, 0.4) is 0 Å². The van der Waals surface area contributed by atoms with Crippen molar-refractivity contribution in [2.75, 3.05) is 31.1 Å². The van der Waals surface area contributed by atoms with E-state index in [4.69, 9.17) is 22.9 Å². The summed E-state index contributed by atoms with van der Waals surface area (Å²) in [6.07, 6.45) is -2.16. The van der Waals surface area contributed by atoms with E-state index in [9.17, 15) is 57.8 Å². The van der Waals surface area contributed by atoms with Gasteiger partial charge in [-0.3, -0.25) is 52.7 Å². The molecule has 1 aromatic rings. The quantitative estimate of drug-likeness (QED) is 0.0616. The van der Waals surface area contributed by atoms with Gasteiger partial charge < -0.3 is 70.2 Å². The summed E-state index contributed by atoms with van der Waals surface area (Å²) in [5.74, 6) is -10.6. The number of hydrogen-bond acceptors (Lipinski definition) is 15. The number of aliphatic hydroxyl groups is 1. The Kier molecular flexibility index (Phi) is 23.5. The van der Waals surface area contributed by atoms with Gasteiger partial charge in [-0.25, -0.2) is 0 Å². The van der Waals surface area contributed by atoms with Crippen molar-refractivity contribution >= 4 is 86.6 Å². The molecule has 3 rings (SSSR count). The van der Waals surface area contributed by atoms with Crippen LogP contribution in [0.25, 0.3) is 0 Å². The summed E-state index contributed by atoms with van der Waals surface area (Å²) in [6.45, 7) is 2.91. The average Bonchev–Trinajstić information content (AvgIpc) is 3.79. The van der Waals surface area contributed by atoms with Crippen molar-refractivity contribution in [3.05, 3.63) is 35.9 Å². The number of carbonyl (C=O) groups excluding carboxylic acids is 11. The minimum Gasteiger partial charge on any atom is -0.382 e. The monoisotopic (exact) mass is 992 g/mol. The van der Waals surface area contributed by atoms with E-state index in [0.717, 1.165) is 21.6 Å². The lowest BCUT2D eigenvalue weighted by Crippen LogP contribution is -2.61. The predicted molar refractivity (Wildman–Crippen MR) is 250 cm³/mol.